The maximum atomic E-state index is 9.04. The third kappa shape index (κ3) is 1.83. The summed E-state index contributed by atoms with van der Waals surface area (Å²) in [6.45, 7) is 1.96. The van der Waals surface area contributed by atoms with Gasteiger partial charge in [-0.15, -0.1) is 0 Å². The fraction of sp³-hybridized carbons (Fsp3) is 0.154. The number of benzene rings is 1. The van der Waals surface area contributed by atoms with E-state index in [-0.39, 0.29) is 0 Å². The number of aryl methyl sites for hydroxylation is 1. The Hall–Kier alpha value is -2.41. The molecular weight excluding hydrogens is 214 g/mol. The van der Waals surface area contributed by atoms with Crippen LogP contribution in [0.3, 0.4) is 0 Å². The first-order chi connectivity index (χ1) is 8.17. The van der Waals surface area contributed by atoms with Gasteiger partial charge in [0.15, 0.2) is 0 Å². The zero-order valence-corrected chi connectivity index (χ0v) is 9.74. The van der Waals surface area contributed by atoms with Gasteiger partial charge >= 0.3 is 0 Å². The van der Waals surface area contributed by atoms with Gasteiger partial charge in [-0.25, -0.2) is 0 Å². The van der Waals surface area contributed by atoms with Gasteiger partial charge in [-0.3, -0.25) is 0 Å². The predicted octanol–water partition coefficient (Wildman–Crippen LogP) is 2.45. The molecule has 0 saturated heterocycles. The molecule has 0 fully saturated rings. The second-order valence-corrected chi connectivity index (χ2v) is 3.79. The molecule has 1 heterocycles. The van der Waals surface area contributed by atoms with Crippen molar-refractivity contribution < 1.29 is 4.74 Å². The van der Waals surface area contributed by atoms with E-state index in [9.17, 15) is 0 Å². The molecule has 86 valence electrons. The number of rotatable bonds is 2. The van der Waals surface area contributed by atoms with Gasteiger partial charge in [-0.1, -0.05) is 6.07 Å². The Morgan fingerprint density at radius 1 is 1.41 bits per heavy atom. The van der Waals surface area contributed by atoms with Gasteiger partial charge in [-0.05, 0) is 30.2 Å². The largest absolute Gasteiger partial charge is 0.496 e. The number of methoxy groups -OCH3 is 1. The third-order valence-corrected chi connectivity index (χ3v) is 2.73. The molecule has 2 rings (SSSR count). The summed E-state index contributed by atoms with van der Waals surface area (Å²) < 4.78 is 5.20. The molecule has 0 radical (unpaired) electrons. The van der Waals surface area contributed by atoms with Gasteiger partial charge in [0.25, 0.3) is 0 Å². The number of nitrogen functional groups attached to an aromatic ring is 1. The summed E-state index contributed by atoms with van der Waals surface area (Å²) >= 11 is 0. The van der Waals surface area contributed by atoms with Gasteiger partial charge in [-0.2, -0.15) is 5.26 Å². The van der Waals surface area contributed by atoms with E-state index in [1.165, 1.54) is 0 Å². The zero-order valence-electron chi connectivity index (χ0n) is 9.74. The van der Waals surface area contributed by atoms with Crippen LogP contribution in [0.5, 0.6) is 5.75 Å². The molecule has 0 aliphatic carbocycles. The number of hydrogen-bond acceptors (Lipinski definition) is 3. The van der Waals surface area contributed by atoms with Gasteiger partial charge in [0.05, 0.1) is 7.11 Å². The highest BCUT2D eigenvalue weighted by atomic mass is 16.5. The quantitative estimate of drug-likeness (QED) is 0.827. The smallest absolute Gasteiger partial charge is 0.121 e. The predicted molar refractivity (Wildman–Crippen MR) is 66.6 cm³/mol. The Morgan fingerprint density at radius 2 is 2.18 bits per heavy atom. The topological polar surface area (TPSA) is 74.8 Å². The van der Waals surface area contributed by atoms with Crippen LogP contribution in [0.4, 0.5) is 5.82 Å². The van der Waals surface area contributed by atoms with Gasteiger partial charge < -0.3 is 15.5 Å². The van der Waals surface area contributed by atoms with Crippen LogP contribution < -0.4 is 10.5 Å². The fourth-order valence-electron chi connectivity index (χ4n) is 1.83. The molecule has 0 aliphatic heterocycles. The van der Waals surface area contributed by atoms with Crippen LogP contribution in [0.25, 0.3) is 11.1 Å². The lowest BCUT2D eigenvalue weighted by molar-refractivity contribution is 0.412. The minimum atomic E-state index is 0.399. The van der Waals surface area contributed by atoms with E-state index < -0.39 is 0 Å². The van der Waals surface area contributed by atoms with Crippen LogP contribution >= 0.6 is 0 Å². The number of anilines is 1. The van der Waals surface area contributed by atoms with Crippen LogP contribution in [0, 0.1) is 18.3 Å². The van der Waals surface area contributed by atoms with Crippen molar-refractivity contribution in [3.63, 3.8) is 0 Å². The van der Waals surface area contributed by atoms with E-state index >= 15 is 0 Å². The lowest BCUT2D eigenvalue weighted by Gasteiger charge is -2.06. The van der Waals surface area contributed by atoms with Crippen molar-refractivity contribution >= 4 is 5.82 Å². The summed E-state index contributed by atoms with van der Waals surface area (Å²) in [6, 6.07) is 7.87. The Bertz CT molecular complexity index is 593. The number of ether oxygens (including phenoxy) is 1. The van der Waals surface area contributed by atoms with Crippen LogP contribution in [-0.4, -0.2) is 12.1 Å². The molecule has 3 N–H and O–H groups in total. The Balaban J connectivity index is 2.54. The van der Waals surface area contributed by atoms with Crippen molar-refractivity contribution in [3.05, 3.63) is 35.5 Å². The summed E-state index contributed by atoms with van der Waals surface area (Å²) in [5.41, 5.74) is 8.95. The van der Waals surface area contributed by atoms with Crippen molar-refractivity contribution in [1.82, 2.24) is 4.98 Å². The number of nitriles is 1. The molecule has 0 saturated carbocycles. The van der Waals surface area contributed by atoms with E-state index in [4.69, 9.17) is 15.7 Å². The molecular formula is C13H13N3O. The molecule has 0 amide bonds. The molecule has 1 aromatic heterocycles. The van der Waals surface area contributed by atoms with Crippen LogP contribution in [-0.2, 0) is 0 Å². The van der Waals surface area contributed by atoms with Gasteiger partial charge in [0.1, 0.15) is 23.2 Å². The van der Waals surface area contributed by atoms with Gasteiger partial charge in [0, 0.05) is 11.8 Å². The molecule has 0 bridgehead atoms. The first-order valence-electron chi connectivity index (χ1n) is 5.19. The van der Waals surface area contributed by atoms with E-state index in [1.807, 2.05) is 25.1 Å². The molecule has 2 aromatic rings. The van der Waals surface area contributed by atoms with Crippen molar-refractivity contribution in [2.75, 3.05) is 12.8 Å². The highest BCUT2D eigenvalue weighted by Gasteiger charge is 2.11. The number of nitrogens with one attached hydrogen (secondary N) is 1. The first kappa shape index (κ1) is 11.1. The van der Waals surface area contributed by atoms with E-state index in [0.717, 1.165) is 22.4 Å². The van der Waals surface area contributed by atoms with Crippen molar-refractivity contribution in [2.24, 2.45) is 0 Å². The van der Waals surface area contributed by atoms with E-state index in [2.05, 4.69) is 11.1 Å². The minimum absolute atomic E-state index is 0.399. The summed E-state index contributed by atoms with van der Waals surface area (Å²) in [4.78, 5) is 2.86. The van der Waals surface area contributed by atoms with Crippen molar-refractivity contribution in [3.8, 4) is 22.9 Å². The second-order valence-electron chi connectivity index (χ2n) is 3.79. The second kappa shape index (κ2) is 4.22. The maximum absolute atomic E-state index is 9.04. The van der Waals surface area contributed by atoms with E-state index in [1.54, 1.807) is 13.3 Å². The molecule has 0 spiro atoms. The highest BCUT2D eigenvalue weighted by molar-refractivity contribution is 5.76. The van der Waals surface area contributed by atoms with Crippen molar-refractivity contribution in [1.29, 1.82) is 5.26 Å². The maximum Gasteiger partial charge on any atom is 0.121 e. The Kier molecular flexibility index (Phi) is 2.75. The molecule has 17 heavy (non-hydrogen) atoms. The van der Waals surface area contributed by atoms with E-state index in [0.29, 0.717) is 11.4 Å². The number of nitrogens with zero attached hydrogens (tertiary/aromatic N) is 1. The number of aromatic nitrogens is 1. The number of nitrogens with two attached hydrogens (primary N) is 1. The fourth-order valence-corrected chi connectivity index (χ4v) is 1.83. The third-order valence-electron chi connectivity index (χ3n) is 2.73. The minimum Gasteiger partial charge on any atom is -0.496 e. The normalized spacial score (nSPS) is 9.94. The molecule has 0 atom stereocenters. The molecule has 4 heteroatoms. The molecule has 4 nitrogen and oxygen atoms in total. The summed E-state index contributed by atoms with van der Waals surface area (Å²) in [7, 11) is 1.64. The highest BCUT2D eigenvalue weighted by Crippen LogP contribution is 2.30. The average molecular weight is 227 g/mol. The number of hydrogen-bond donors (Lipinski definition) is 2. The monoisotopic (exact) mass is 227 g/mol. The van der Waals surface area contributed by atoms with Crippen LogP contribution in [0.15, 0.2) is 24.4 Å². The SMILES string of the molecule is COc1ccc(-c2c[nH]c(N)c2C#N)cc1C. The molecule has 0 unspecified atom stereocenters. The van der Waals surface area contributed by atoms with Gasteiger partial charge in [0.2, 0.25) is 0 Å². The summed E-state index contributed by atoms with van der Waals surface area (Å²) in [6.07, 6.45) is 1.75. The lowest BCUT2D eigenvalue weighted by Crippen LogP contribution is -1.89. The first-order valence-corrected chi connectivity index (χ1v) is 5.19. The number of aromatic amines is 1. The molecule has 0 aliphatic rings. The Labute approximate surface area is 99.6 Å². The standard InChI is InChI=1S/C13H13N3O/c1-8-5-9(3-4-12(8)17-2)11-7-16-13(15)10(11)6-14/h3-5,7,16H,15H2,1-2H3. The van der Waals surface area contributed by atoms with Crippen molar-refractivity contribution in [2.45, 2.75) is 6.92 Å². The summed E-state index contributed by atoms with van der Waals surface area (Å²) in [5.74, 6) is 1.23. The zero-order chi connectivity index (χ0) is 12.4. The molecule has 1 aromatic carbocycles. The average Bonchev–Trinajstić information content (AvgIpc) is 2.70. The van der Waals surface area contributed by atoms with Crippen LogP contribution in [0.2, 0.25) is 0 Å². The lowest BCUT2D eigenvalue weighted by atomic mass is 10.0. The summed E-state index contributed by atoms with van der Waals surface area (Å²) in [5, 5.41) is 9.04. The Morgan fingerprint density at radius 3 is 2.76 bits per heavy atom. The van der Waals surface area contributed by atoms with Crippen LogP contribution in [0.1, 0.15) is 11.1 Å². The number of H-pyrrole nitrogens is 1.